The van der Waals surface area contributed by atoms with Crippen LogP contribution < -0.4 is 0 Å². The van der Waals surface area contributed by atoms with Crippen molar-refractivity contribution in [3.63, 3.8) is 0 Å². The fourth-order valence-electron chi connectivity index (χ4n) is 1.56. The molecule has 0 bridgehead atoms. The summed E-state index contributed by atoms with van der Waals surface area (Å²) in [5, 5.41) is 0.630. The third-order valence-corrected chi connectivity index (χ3v) is 3.74. The van der Waals surface area contributed by atoms with E-state index in [-0.39, 0.29) is 11.9 Å². The number of carbonyl (C=O) groups is 2. The molecule has 1 atom stereocenters. The number of hydrogen-bond donors (Lipinski definition) is 0. The maximum atomic E-state index is 11.8. The van der Waals surface area contributed by atoms with Crippen LogP contribution >= 0.6 is 27.7 Å². The number of carbonyl (C=O) groups excluding carboxylic acids is 2. The van der Waals surface area contributed by atoms with Crippen molar-refractivity contribution < 1.29 is 14.3 Å². The lowest BCUT2D eigenvalue weighted by molar-refractivity contribution is -0.153. The van der Waals surface area contributed by atoms with Gasteiger partial charge in [0.25, 0.3) is 0 Å². The highest BCUT2D eigenvalue weighted by Gasteiger charge is 2.32. The van der Waals surface area contributed by atoms with Crippen LogP contribution in [0.2, 0.25) is 0 Å². The fourth-order valence-corrected chi connectivity index (χ4v) is 2.93. The Morgan fingerprint density at radius 3 is 2.94 bits per heavy atom. The quantitative estimate of drug-likeness (QED) is 0.580. The van der Waals surface area contributed by atoms with Gasteiger partial charge in [-0.25, -0.2) is 4.79 Å². The van der Waals surface area contributed by atoms with Gasteiger partial charge in [-0.2, -0.15) is 11.8 Å². The number of esters is 1. The van der Waals surface area contributed by atoms with Crippen molar-refractivity contribution in [1.82, 2.24) is 4.90 Å². The highest BCUT2D eigenvalue weighted by atomic mass is 79.9. The molecular formula is C10H16BrNO3S. The summed E-state index contributed by atoms with van der Waals surface area (Å²) in [6.45, 7) is 2.78. The van der Waals surface area contributed by atoms with Gasteiger partial charge >= 0.3 is 5.97 Å². The lowest BCUT2D eigenvalue weighted by atomic mass is 10.2. The number of alkyl halides is 1. The van der Waals surface area contributed by atoms with Gasteiger partial charge in [-0.15, -0.1) is 0 Å². The van der Waals surface area contributed by atoms with Crippen LogP contribution in [-0.2, 0) is 14.3 Å². The van der Waals surface area contributed by atoms with Gasteiger partial charge < -0.3 is 9.64 Å². The Bertz CT molecular complexity index is 236. The van der Waals surface area contributed by atoms with Crippen LogP contribution in [0.15, 0.2) is 0 Å². The van der Waals surface area contributed by atoms with E-state index in [1.807, 2.05) is 0 Å². The van der Waals surface area contributed by atoms with Crippen molar-refractivity contribution >= 4 is 39.6 Å². The molecule has 92 valence electrons. The molecule has 0 N–H and O–H groups in total. The maximum Gasteiger partial charge on any atom is 0.329 e. The lowest BCUT2D eigenvalue weighted by Gasteiger charge is -2.33. The number of amides is 1. The van der Waals surface area contributed by atoms with Gasteiger partial charge in [0.1, 0.15) is 6.04 Å². The van der Waals surface area contributed by atoms with Gasteiger partial charge in [-0.1, -0.05) is 15.9 Å². The van der Waals surface area contributed by atoms with E-state index in [0.29, 0.717) is 30.7 Å². The Kier molecular flexibility index (Phi) is 6.20. The summed E-state index contributed by atoms with van der Waals surface area (Å²) in [7, 11) is 0. The Labute approximate surface area is 108 Å². The minimum Gasteiger partial charge on any atom is -0.464 e. The largest absolute Gasteiger partial charge is 0.464 e. The Hall–Kier alpha value is -0.230. The smallest absolute Gasteiger partial charge is 0.329 e. The molecule has 0 aromatic rings. The van der Waals surface area contributed by atoms with E-state index in [2.05, 4.69) is 15.9 Å². The summed E-state index contributed by atoms with van der Waals surface area (Å²) >= 11 is 4.93. The monoisotopic (exact) mass is 309 g/mol. The van der Waals surface area contributed by atoms with Crippen LogP contribution in [0.5, 0.6) is 0 Å². The van der Waals surface area contributed by atoms with Crippen molar-refractivity contribution in [2.45, 2.75) is 19.4 Å². The Morgan fingerprint density at radius 2 is 2.31 bits per heavy atom. The molecule has 1 amide bonds. The van der Waals surface area contributed by atoms with Crippen LogP contribution in [0.1, 0.15) is 13.3 Å². The normalized spacial score (nSPS) is 20.6. The molecule has 16 heavy (non-hydrogen) atoms. The van der Waals surface area contributed by atoms with E-state index < -0.39 is 6.04 Å². The first-order chi connectivity index (χ1) is 7.70. The van der Waals surface area contributed by atoms with Gasteiger partial charge in [-0.05, 0) is 6.92 Å². The molecule has 0 spiro atoms. The van der Waals surface area contributed by atoms with Crippen molar-refractivity contribution in [3.05, 3.63) is 0 Å². The van der Waals surface area contributed by atoms with Gasteiger partial charge in [0.2, 0.25) is 5.91 Å². The Morgan fingerprint density at radius 1 is 1.56 bits per heavy atom. The molecule has 1 saturated heterocycles. The number of nitrogens with zero attached hydrogens (tertiary/aromatic N) is 1. The van der Waals surface area contributed by atoms with Gasteiger partial charge in [-0.3, -0.25) is 4.79 Å². The van der Waals surface area contributed by atoms with Crippen LogP contribution in [0.3, 0.4) is 0 Å². The third-order valence-electron chi connectivity index (χ3n) is 2.32. The third kappa shape index (κ3) is 3.66. The van der Waals surface area contributed by atoms with E-state index in [9.17, 15) is 9.59 Å². The summed E-state index contributed by atoms with van der Waals surface area (Å²) in [4.78, 5) is 25.1. The minimum absolute atomic E-state index is 0.0234. The molecule has 1 aliphatic rings. The molecule has 1 aliphatic heterocycles. The SMILES string of the molecule is CCOC(=O)C1CSCCN1C(=O)CCBr. The number of ether oxygens (including phenoxy) is 1. The zero-order valence-corrected chi connectivity index (χ0v) is 11.7. The molecule has 0 saturated carbocycles. The van der Waals surface area contributed by atoms with Crippen molar-refractivity contribution in [1.29, 1.82) is 0 Å². The first-order valence-corrected chi connectivity index (χ1v) is 7.58. The average Bonchev–Trinajstić information content (AvgIpc) is 2.30. The predicted molar refractivity (Wildman–Crippen MR) is 67.9 cm³/mol. The molecule has 0 aliphatic carbocycles. The molecule has 0 aromatic carbocycles. The second-order valence-corrected chi connectivity index (χ2v) is 5.31. The van der Waals surface area contributed by atoms with Crippen LogP contribution in [0, 0.1) is 0 Å². The van der Waals surface area contributed by atoms with E-state index in [1.54, 1.807) is 23.6 Å². The van der Waals surface area contributed by atoms with E-state index >= 15 is 0 Å². The first-order valence-electron chi connectivity index (χ1n) is 5.30. The summed E-state index contributed by atoms with van der Waals surface area (Å²) in [6, 6.07) is -0.398. The molecule has 1 rings (SSSR count). The molecule has 4 nitrogen and oxygen atoms in total. The number of halogens is 1. The average molecular weight is 310 g/mol. The highest BCUT2D eigenvalue weighted by molar-refractivity contribution is 9.09. The standard InChI is InChI=1S/C10H16BrNO3S/c1-2-15-10(14)8-7-16-6-5-12(8)9(13)3-4-11/h8H,2-7H2,1H3. The van der Waals surface area contributed by atoms with Crippen LogP contribution in [-0.4, -0.2) is 52.8 Å². The van der Waals surface area contributed by atoms with Crippen molar-refractivity contribution in [2.75, 3.05) is 30.0 Å². The van der Waals surface area contributed by atoms with E-state index in [4.69, 9.17) is 4.74 Å². The lowest BCUT2D eigenvalue weighted by Crippen LogP contribution is -2.51. The van der Waals surface area contributed by atoms with Crippen LogP contribution in [0.4, 0.5) is 0 Å². The van der Waals surface area contributed by atoms with Gasteiger partial charge in [0.15, 0.2) is 0 Å². The molecule has 1 heterocycles. The fraction of sp³-hybridized carbons (Fsp3) is 0.800. The second-order valence-electron chi connectivity index (χ2n) is 3.37. The maximum absolute atomic E-state index is 11.8. The predicted octanol–water partition coefficient (Wildman–Crippen LogP) is 1.28. The zero-order valence-electron chi connectivity index (χ0n) is 9.28. The summed E-state index contributed by atoms with van der Waals surface area (Å²) in [5.41, 5.74) is 0. The molecule has 0 radical (unpaired) electrons. The second kappa shape index (κ2) is 7.17. The summed E-state index contributed by atoms with van der Waals surface area (Å²) in [6.07, 6.45) is 0.431. The molecule has 1 fully saturated rings. The van der Waals surface area contributed by atoms with Crippen LogP contribution in [0.25, 0.3) is 0 Å². The molecular weight excluding hydrogens is 294 g/mol. The zero-order chi connectivity index (χ0) is 12.0. The molecule has 0 aromatic heterocycles. The highest BCUT2D eigenvalue weighted by Crippen LogP contribution is 2.18. The number of thioether (sulfide) groups is 1. The van der Waals surface area contributed by atoms with E-state index in [0.717, 1.165) is 5.75 Å². The van der Waals surface area contributed by atoms with Gasteiger partial charge in [0, 0.05) is 29.8 Å². The minimum atomic E-state index is -0.398. The summed E-state index contributed by atoms with van der Waals surface area (Å²) in [5.74, 6) is 1.28. The van der Waals surface area contributed by atoms with Gasteiger partial charge in [0.05, 0.1) is 6.61 Å². The Balaban J connectivity index is 2.63. The number of rotatable bonds is 4. The van der Waals surface area contributed by atoms with E-state index in [1.165, 1.54) is 0 Å². The molecule has 6 heteroatoms. The first kappa shape index (κ1) is 13.8. The summed E-state index contributed by atoms with van der Waals surface area (Å²) < 4.78 is 4.98. The number of hydrogen-bond acceptors (Lipinski definition) is 4. The van der Waals surface area contributed by atoms with Crippen molar-refractivity contribution in [2.24, 2.45) is 0 Å². The van der Waals surface area contributed by atoms with Crippen molar-refractivity contribution in [3.8, 4) is 0 Å². The topological polar surface area (TPSA) is 46.6 Å². The molecule has 1 unspecified atom stereocenters.